The van der Waals surface area contributed by atoms with Crippen molar-refractivity contribution >= 4 is 51.8 Å². The van der Waals surface area contributed by atoms with Crippen LogP contribution in [0.2, 0.25) is 15.1 Å². The van der Waals surface area contributed by atoms with Gasteiger partial charge in [0.2, 0.25) is 0 Å². The average Bonchev–Trinajstić information content (AvgIpc) is 2.30. The van der Waals surface area contributed by atoms with E-state index in [0.717, 1.165) is 5.06 Å². The van der Waals surface area contributed by atoms with E-state index in [4.69, 9.17) is 56.0 Å². The van der Waals surface area contributed by atoms with E-state index in [-0.39, 0.29) is 23.2 Å². The molecule has 0 aliphatic heterocycles. The molecule has 0 unspecified atom stereocenters. The van der Waals surface area contributed by atoms with Gasteiger partial charge in [-0.1, -0.05) is 34.8 Å². The van der Waals surface area contributed by atoms with Crippen molar-refractivity contribution in [1.29, 1.82) is 0 Å². The maximum atomic E-state index is 11.0. The first-order chi connectivity index (χ1) is 8.95. The van der Waals surface area contributed by atoms with E-state index >= 15 is 0 Å². The van der Waals surface area contributed by atoms with Crippen LogP contribution in [0.5, 0.6) is 5.75 Å². The molecule has 0 radical (unpaired) electrons. The summed E-state index contributed by atoms with van der Waals surface area (Å²) in [6.45, 7) is 2.33. The molecule has 19 heavy (non-hydrogen) atoms. The van der Waals surface area contributed by atoms with Crippen LogP contribution in [0.4, 0.5) is 4.79 Å². The number of hydroxylamine groups is 2. The number of carbonyl (C=O) groups excluding carboxylic acids is 1. The Morgan fingerprint density at radius 3 is 2.32 bits per heavy atom. The van der Waals surface area contributed by atoms with Crippen molar-refractivity contribution in [3.8, 4) is 5.75 Å². The summed E-state index contributed by atoms with van der Waals surface area (Å²) in [4.78, 5) is 16.0. The van der Waals surface area contributed by atoms with Crippen molar-refractivity contribution in [1.82, 2.24) is 5.06 Å². The average molecular weight is 347 g/mol. The Labute approximate surface area is 131 Å². The third-order valence-electron chi connectivity index (χ3n) is 1.98. The molecule has 0 saturated heterocycles. The highest BCUT2D eigenvalue weighted by Crippen LogP contribution is 2.35. The first-order valence-electron chi connectivity index (χ1n) is 5.33. The summed E-state index contributed by atoms with van der Waals surface area (Å²) in [7, 11) is 0. The number of amides is 1. The Bertz CT molecular complexity index is 433. The maximum Gasteiger partial charge on any atom is 0.340 e. The molecule has 106 valence electrons. The molecule has 1 aromatic rings. The Morgan fingerprint density at radius 1 is 1.26 bits per heavy atom. The number of ether oxygens (including phenoxy) is 1. The van der Waals surface area contributed by atoms with Crippen LogP contribution in [-0.2, 0) is 4.84 Å². The maximum absolute atomic E-state index is 11.0. The van der Waals surface area contributed by atoms with E-state index in [9.17, 15) is 4.79 Å². The Morgan fingerprint density at radius 2 is 1.84 bits per heavy atom. The number of nitrogens with zero attached hydrogens (tertiary/aromatic N) is 1. The van der Waals surface area contributed by atoms with E-state index in [1.54, 1.807) is 6.92 Å². The van der Waals surface area contributed by atoms with Crippen LogP contribution < -0.4 is 4.74 Å². The Balaban J connectivity index is 2.60. The second kappa shape index (κ2) is 8.02. The van der Waals surface area contributed by atoms with Gasteiger partial charge in [-0.3, -0.25) is 9.63 Å². The van der Waals surface area contributed by atoms with Gasteiger partial charge in [0.25, 0.3) is 0 Å². The molecule has 8 heteroatoms. The highest BCUT2D eigenvalue weighted by atomic mass is 35.5. The minimum atomic E-state index is -0.723. The lowest BCUT2D eigenvalue weighted by Crippen LogP contribution is -2.31. The lowest BCUT2D eigenvalue weighted by molar-refractivity contribution is -0.108. The first kappa shape index (κ1) is 16.7. The topological polar surface area (TPSA) is 38.8 Å². The molecular weight excluding hydrogens is 336 g/mol. The molecule has 1 aromatic carbocycles. The zero-order valence-corrected chi connectivity index (χ0v) is 13.0. The molecule has 0 N–H and O–H groups in total. The Hall–Kier alpha value is -0.390. The zero-order valence-electron chi connectivity index (χ0n) is 9.96. The summed E-state index contributed by atoms with van der Waals surface area (Å²) in [6, 6.07) is 3.02. The number of hydrogen-bond donors (Lipinski definition) is 0. The van der Waals surface area contributed by atoms with Crippen LogP contribution in [-0.4, -0.2) is 30.2 Å². The number of rotatable bonds is 6. The van der Waals surface area contributed by atoms with Crippen molar-refractivity contribution in [2.75, 3.05) is 19.8 Å². The quantitative estimate of drug-likeness (QED) is 0.428. The minimum Gasteiger partial charge on any atom is -0.489 e. The van der Waals surface area contributed by atoms with Gasteiger partial charge in [-0.05, 0) is 30.7 Å². The zero-order chi connectivity index (χ0) is 14.4. The molecule has 4 nitrogen and oxygen atoms in total. The van der Waals surface area contributed by atoms with Crippen molar-refractivity contribution < 1.29 is 14.4 Å². The summed E-state index contributed by atoms with van der Waals surface area (Å²) in [6.07, 6.45) is 0. The van der Waals surface area contributed by atoms with Gasteiger partial charge in [-0.15, -0.1) is 0 Å². The number of benzene rings is 1. The predicted octanol–water partition coefficient (Wildman–Crippen LogP) is 4.64. The lowest BCUT2D eigenvalue weighted by atomic mass is 10.3. The standard InChI is InChI=1S/C11H11Cl4NO3/c1-2-19-16(11(15)17)3-4-18-10-8(13)5-7(12)6-9(10)14/h5-6H,2-4H2,1H3. The normalized spacial score (nSPS) is 10.4. The fourth-order valence-electron chi connectivity index (χ4n) is 1.26. The SMILES string of the molecule is CCON(CCOc1c(Cl)cc(Cl)cc1Cl)C(=O)Cl. The fraction of sp³-hybridized carbons (Fsp3) is 0.364. The van der Waals surface area contributed by atoms with Crippen LogP contribution in [0.1, 0.15) is 6.92 Å². The van der Waals surface area contributed by atoms with Gasteiger partial charge in [-0.25, -0.2) is 5.06 Å². The molecule has 0 saturated carbocycles. The summed E-state index contributed by atoms with van der Waals surface area (Å²) >= 11 is 23.0. The second-order valence-corrected chi connectivity index (χ2v) is 4.89. The first-order valence-corrected chi connectivity index (χ1v) is 6.84. The molecule has 1 rings (SSSR count). The predicted molar refractivity (Wildman–Crippen MR) is 76.5 cm³/mol. The highest BCUT2D eigenvalue weighted by Gasteiger charge is 2.13. The smallest absolute Gasteiger partial charge is 0.340 e. The Kier molecular flexibility index (Phi) is 7.04. The van der Waals surface area contributed by atoms with Crippen LogP contribution in [0.25, 0.3) is 0 Å². The van der Waals surface area contributed by atoms with Crippen molar-refractivity contribution in [3.05, 3.63) is 27.2 Å². The van der Waals surface area contributed by atoms with E-state index in [0.29, 0.717) is 17.4 Å². The monoisotopic (exact) mass is 345 g/mol. The molecule has 0 aromatic heterocycles. The molecule has 0 aliphatic carbocycles. The largest absolute Gasteiger partial charge is 0.489 e. The molecule has 1 amide bonds. The van der Waals surface area contributed by atoms with Gasteiger partial charge in [0.1, 0.15) is 6.61 Å². The molecule has 0 aliphatic rings. The molecule has 0 fully saturated rings. The lowest BCUT2D eigenvalue weighted by Gasteiger charge is -2.18. The van der Waals surface area contributed by atoms with Gasteiger partial charge < -0.3 is 4.74 Å². The molecule has 0 spiro atoms. The molecule has 0 atom stereocenters. The van der Waals surface area contributed by atoms with Gasteiger partial charge in [0.15, 0.2) is 5.75 Å². The van der Waals surface area contributed by atoms with E-state index in [2.05, 4.69) is 0 Å². The molecule has 0 heterocycles. The summed E-state index contributed by atoms with van der Waals surface area (Å²) in [5, 5.41) is 1.25. The third-order valence-corrected chi connectivity index (χ3v) is 2.95. The number of hydrogen-bond acceptors (Lipinski definition) is 3. The van der Waals surface area contributed by atoms with Crippen LogP contribution in [0.15, 0.2) is 12.1 Å². The summed E-state index contributed by atoms with van der Waals surface area (Å²) in [5.41, 5.74) is 0. The molecular formula is C11H11Cl4NO3. The van der Waals surface area contributed by atoms with E-state index in [1.807, 2.05) is 0 Å². The van der Waals surface area contributed by atoms with Crippen molar-refractivity contribution in [2.24, 2.45) is 0 Å². The van der Waals surface area contributed by atoms with Crippen LogP contribution in [0, 0.1) is 0 Å². The second-order valence-electron chi connectivity index (χ2n) is 3.32. The molecule has 0 bridgehead atoms. The van der Waals surface area contributed by atoms with Gasteiger partial charge in [0, 0.05) is 5.02 Å². The van der Waals surface area contributed by atoms with Gasteiger partial charge in [-0.2, -0.15) is 0 Å². The van der Waals surface area contributed by atoms with E-state index < -0.39 is 5.37 Å². The number of carbonyl (C=O) groups is 1. The minimum absolute atomic E-state index is 0.125. The summed E-state index contributed by atoms with van der Waals surface area (Å²) < 4.78 is 5.39. The third kappa shape index (κ3) is 5.24. The van der Waals surface area contributed by atoms with Crippen molar-refractivity contribution in [3.63, 3.8) is 0 Å². The van der Waals surface area contributed by atoms with Gasteiger partial charge >= 0.3 is 5.37 Å². The fourth-order valence-corrected chi connectivity index (χ4v) is 2.32. The number of halogens is 4. The van der Waals surface area contributed by atoms with Crippen LogP contribution in [0.3, 0.4) is 0 Å². The summed E-state index contributed by atoms with van der Waals surface area (Å²) in [5.74, 6) is 0.297. The van der Waals surface area contributed by atoms with Crippen LogP contribution >= 0.6 is 46.4 Å². The van der Waals surface area contributed by atoms with E-state index in [1.165, 1.54) is 12.1 Å². The van der Waals surface area contributed by atoms with Gasteiger partial charge in [0.05, 0.1) is 23.2 Å². The highest BCUT2D eigenvalue weighted by molar-refractivity contribution is 6.62. The van der Waals surface area contributed by atoms with Crippen molar-refractivity contribution in [2.45, 2.75) is 6.92 Å².